The van der Waals surface area contributed by atoms with Gasteiger partial charge < -0.3 is 5.11 Å². The smallest absolute Gasteiger partial charge is 0.339 e. The second-order valence-corrected chi connectivity index (χ2v) is 6.01. The number of para-hydroxylation sites is 1. The Bertz CT molecular complexity index is 949. The van der Waals surface area contributed by atoms with Gasteiger partial charge in [-0.3, -0.25) is 0 Å². The Morgan fingerprint density at radius 2 is 1.76 bits per heavy atom. The van der Waals surface area contributed by atoms with Crippen LogP contribution in [-0.2, 0) is 0 Å². The summed E-state index contributed by atoms with van der Waals surface area (Å²) in [5.41, 5.74) is 3.26. The van der Waals surface area contributed by atoms with Crippen molar-refractivity contribution in [3.63, 3.8) is 0 Å². The average molecular weight is 331 g/mol. The van der Waals surface area contributed by atoms with Crippen molar-refractivity contribution < 1.29 is 9.90 Å². The number of benzene rings is 2. The van der Waals surface area contributed by atoms with E-state index in [2.05, 4.69) is 11.2 Å². The van der Waals surface area contributed by atoms with Gasteiger partial charge in [0.2, 0.25) is 0 Å². The maximum atomic E-state index is 12.0. The van der Waals surface area contributed by atoms with E-state index in [0.717, 1.165) is 5.69 Å². The van der Waals surface area contributed by atoms with Crippen LogP contribution in [0.4, 0.5) is 0 Å². The van der Waals surface area contributed by atoms with Gasteiger partial charge in [-0.2, -0.15) is 10.4 Å². The van der Waals surface area contributed by atoms with E-state index < -0.39 is 5.97 Å². The minimum absolute atomic E-state index is 0.0223. The fourth-order valence-electron chi connectivity index (χ4n) is 2.85. The van der Waals surface area contributed by atoms with E-state index in [1.165, 1.54) is 0 Å². The van der Waals surface area contributed by atoms with Gasteiger partial charge in [-0.1, -0.05) is 44.2 Å². The number of carboxylic acid groups (broad SMARTS) is 1. The van der Waals surface area contributed by atoms with Crippen molar-refractivity contribution in [2.75, 3.05) is 0 Å². The van der Waals surface area contributed by atoms with Crippen molar-refractivity contribution in [1.82, 2.24) is 9.78 Å². The second-order valence-electron chi connectivity index (χ2n) is 6.01. The normalized spacial score (nSPS) is 10.6. The van der Waals surface area contributed by atoms with Crippen molar-refractivity contribution >= 4 is 5.97 Å². The van der Waals surface area contributed by atoms with Crippen LogP contribution in [0.2, 0.25) is 0 Å². The first-order valence-corrected chi connectivity index (χ1v) is 7.95. The monoisotopic (exact) mass is 331 g/mol. The lowest BCUT2D eigenvalue weighted by molar-refractivity contribution is 0.0696. The number of hydrogen-bond acceptors (Lipinski definition) is 3. The van der Waals surface area contributed by atoms with Crippen LogP contribution in [0.25, 0.3) is 16.9 Å². The molecule has 0 unspecified atom stereocenters. The molecule has 0 saturated heterocycles. The molecular weight excluding hydrogens is 314 g/mol. The van der Waals surface area contributed by atoms with E-state index in [1.807, 2.05) is 44.2 Å². The molecule has 0 atom stereocenters. The molecule has 5 heteroatoms. The molecule has 0 aliphatic rings. The Kier molecular flexibility index (Phi) is 4.36. The molecule has 0 radical (unpaired) electrons. The van der Waals surface area contributed by atoms with Gasteiger partial charge in [0.05, 0.1) is 23.0 Å². The van der Waals surface area contributed by atoms with Crippen LogP contribution < -0.4 is 0 Å². The molecular formula is C20H17N3O2. The molecule has 5 nitrogen and oxygen atoms in total. The molecule has 124 valence electrons. The average Bonchev–Trinajstić information content (AvgIpc) is 3.03. The third kappa shape index (κ3) is 3.02. The van der Waals surface area contributed by atoms with Gasteiger partial charge in [0.15, 0.2) is 0 Å². The van der Waals surface area contributed by atoms with Crippen molar-refractivity contribution in [1.29, 1.82) is 5.26 Å². The van der Waals surface area contributed by atoms with E-state index in [0.29, 0.717) is 22.5 Å². The number of carboxylic acids is 1. The lowest BCUT2D eigenvalue weighted by Gasteiger charge is -2.11. The molecule has 0 bridgehead atoms. The molecule has 0 aliphatic carbocycles. The first-order chi connectivity index (χ1) is 12.0. The molecule has 0 saturated carbocycles. The summed E-state index contributed by atoms with van der Waals surface area (Å²) in [7, 11) is 0. The predicted octanol–water partition coefficient (Wildman–Crippen LogP) is 4.23. The summed E-state index contributed by atoms with van der Waals surface area (Å²) in [6, 6.07) is 18.3. The van der Waals surface area contributed by atoms with Gasteiger partial charge in [0.25, 0.3) is 0 Å². The van der Waals surface area contributed by atoms with Gasteiger partial charge in [0.1, 0.15) is 11.3 Å². The van der Waals surface area contributed by atoms with E-state index in [4.69, 9.17) is 5.26 Å². The summed E-state index contributed by atoms with van der Waals surface area (Å²) >= 11 is 0. The Morgan fingerprint density at radius 1 is 1.12 bits per heavy atom. The van der Waals surface area contributed by atoms with Crippen molar-refractivity contribution in [2.45, 2.75) is 19.8 Å². The van der Waals surface area contributed by atoms with Crippen molar-refractivity contribution in [3.05, 3.63) is 71.4 Å². The van der Waals surface area contributed by atoms with Crippen LogP contribution in [0.1, 0.15) is 41.4 Å². The van der Waals surface area contributed by atoms with Crippen molar-refractivity contribution in [2.24, 2.45) is 0 Å². The van der Waals surface area contributed by atoms with Gasteiger partial charge in [-0.25, -0.2) is 9.48 Å². The first kappa shape index (κ1) is 16.5. The molecule has 0 fully saturated rings. The highest BCUT2D eigenvalue weighted by Crippen LogP contribution is 2.32. The highest BCUT2D eigenvalue weighted by atomic mass is 16.4. The number of aromatic nitrogens is 2. The fraction of sp³-hybridized carbons (Fsp3) is 0.150. The SMILES string of the molecule is CC(C)c1c(C(=O)O)c(-c2ccc(C#N)cc2)nn1-c1ccccc1. The molecule has 0 amide bonds. The summed E-state index contributed by atoms with van der Waals surface area (Å²) in [6.07, 6.45) is 0. The minimum atomic E-state index is -1.01. The molecule has 2 aromatic carbocycles. The van der Waals surface area contributed by atoms with Crippen LogP contribution in [0.3, 0.4) is 0 Å². The third-order valence-electron chi connectivity index (χ3n) is 3.97. The summed E-state index contributed by atoms with van der Waals surface area (Å²) in [5, 5.41) is 23.4. The zero-order valence-electron chi connectivity index (χ0n) is 14.0. The van der Waals surface area contributed by atoms with Crippen LogP contribution in [0.15, 0.2) is 54.6 Å². The number of nitriles is 1. The van der Waals surface area contributed by atoms with E-state index >= 15 is 0 Å². The minimum Gasteiger partial charge on any atom is -0.478 e. The van der Waals surface area contributed by atoms with Crippen LogP contribution >= 0.6 is 0 Å². The number of hydrogen-bond donors (Lipinski definition) is 1. The van der Waals surface area contributed by atoms with E-state index in [-0.39, 0.29) is 11.5 Å². The topological polar surface area (TPSA) is 78.9 Å². The molecule has 0 spiro atoms. The van der Waals surface area contributed by atoms with Crippen LogP contribution in [0.5, 0.6) is 0 Å². The lowest BCUT2D eigenvalue weighted by atomic mass is 9.99. The number of carbonyl (C=O) groups is 1. The maximum Gasteiger partial charge on any atom is 0.339 e. The quantitative estimate of drug-likeness (QED) is 0.776. The van der Waals surface area contributed by atoms with Crippen molar-refractivity contribution in [3.8, 4) is 23.0 Å². The highest BCUT2D eigenvalue weighted by Gasteiger charge is 2.26. The largest absolute Gasteiger partial charge is 0.478 e. The van der Waals surface area contributed by atoms with Crippen LogP contribution in [0, 0.1) is 11.3 Å². The number of aromatic carboxylic acids is 1. The molecule has 1 heterocycles. The third-order valence-corrected chi connectivity index (χ3v) is 3.97. The number of rotatable bonds is 4. The molecule has 0 aliphatic heterocycles. The highest BCUT2D eigenvalue weighted by molar-refractivity contribution is 5.96. The molecule has 1 aromatic heterocycles. The van der Waals surface area contributed by atoms with Gasteiger partial charge >= 0.3 is 5.97 Å². The standard InChI is InChI=1S/C20H17N3O2/c1-13(2)19-17(20(24)25)18(15-10-8-14(12-21)9-11-15)22-23(19)16-6-4-3-5-7-16/h3-11,13H,1-2H3,(H,24,25). The Balaban J connectivity index is 2.28. The fourth-order valence-corrected chi connectivity index (χ4v) is 2.85. The summed E-state index contributed by atoms with van der Waals surface area (Å²) in [5.74, 6) is -1.03. The van der Waals surface area contributed by atoms with E-state index in [1.54, 1.807) is 28.9 Å². The Morgan fingerprint density at radius 3 is 2.28 bits per heavy atom. The first-order valence-electron chi connectivity index (χ1n) is 7.95. The predicted molar refractivity (Wildman–Crippen MR) is 94.8 cm³/mol. The van der Waals surface area contributed by atoms with Gasteiger partial charge in [0, 0.05) is 5.56 Å². The van der Waals surface area contributed by atoms with Gasteiger partial charge in [-0.05, 0) is 30.2 Å². The number of nitrogens with zero attached hydrogens (tertiary/aromatic N) is 3. The Hall–Kier alpha value is -3.39. The zero-order valence-corrected chi connectivity index (χ0v) is 14.0. The molecule has 1 N–H and O–H groups in total. The van der Waals surface area contributed by atoms with Crippen LogP contribution in [-0.4, -0.2) is 20.9 Å². The van der Waals surface area contributed by atoms with E-state index in [9.17, 15) is 9.90 Å². The Labute approximate surface area is 145 Å². The van der Waals surface area contributed by atoms with Gasteiger partial charge in [-0.15, -0.1) is 0 Å². The molecule has 3 rings (SSSR count). The summed E-state index contributed by atoms with van der Waals surface area (Å²) in [6.45, 7) is 3.90. The summed E-state index contributed by atoms with van der Waals surface area (Å²) < 4.78 is 1.70. The zero-order chi connectivity index (χ0) is 18.0. The maximum absolute atomic E-state index is 12.0. The summed E-state index contributed by atoms with van der Waals surface area (Å²) in [4.78, 5) is 12.0. The molecule has 25 heavy (non-hydrogen) atoms. The molecule has 3 aromatic rings. The lowest BCUT2D eigenvalue weighted by Crippen LogP contribution is -2.08. The second kappa shape index (κ2) is 6.62.